The van der Waals surface area contributed by atoms with E-state index in [4.69, 9.17) is 33.0 Å². The number of benzene rings is 2. The zero-order valence-electron chi connectivity index (χ0n) is 9.36. The highest BCUT2D eigenvalue weighted by molar-refractivity contribution is 9.10. The van der Waals surface area contributed by atoms with Crippen LogP contribution in [0.3, 0.4) is 0 Å². The monoisotopic (exact) mass is 360 g/mol. The van der Waals surface area contributed by atoms with Crippen molar-refractivity contribution in [3.05, 3.63) is 56.5 Å². The smallest absolute Gasteiger partial charge is 0.335 e. The summed E-state index contributed by atoms with van der Waals surface area (Å²) in [6.45, 7) is 0. The molecule has 0 unspecified atom stereocenters. The lowest BCUT2D eigenvalue weighted by Gasteiger charge is -2.10. The molecule has 0 aromatic heterocycles. The van der Waals surface area contributed by atoms with Crippen molar-refractivity contribution in [2.75, 3.05) is 0 Å². The third-order valence-corrected chi connectivity index (χ3v) is 3.39. The highest BCUT2D eigenvalue weighted by Crippen LogP contribution is 2.35. The van der Waals surface area contributed by atoms with E-state index in [9.17, 15) is 4.79 Å². The number of rotatable bonds is 3. The lowest BCUT2D eigenvalue weighted by atomic mass is 10.2. The molecule has 0 aliphatic heterocycles. The number of hydrogen-bond donors (Lipinski definition) is 1. The van der Waals surface area contributed by atoms with Gasteiger partial charge in [0.15, 0.2) is 0 Å². The second-order valence-corrected chi connectivity index (χ2v) is 5.36. The van der Waals surface area contributed by atoms with E-state index in [0.717, 1.165) is 4.47 Å². The molecule has 6 heteroatoms. The average molecular weight is 362 g/mol. The fourth-order valence-corrected chi connectivity index (χ4v) is 2.11. The summed E-state index contributed by atoms with van der Waals surface area (Å²) in [5, 5.41) is 9.48. The Hall–Kier alpha value is -1.23. The summed E-state index contributed by atoms with van der Waals surface area (Å²) in [6, 6.07) is 9.39. The van der Waals surface area contributed by atoms with Gasteiger partial charge in [-0.2, -0.15) is 0 Å². The van der Waals surface area contributed by atoms with E-state index in [2.05, 4.69) is 15.9 Å². The molecule has 98 valence electrons. The SMILES string of the molecule is O=C(O)c1ccc(Oc2cc(Br)ccc2Cl)c(Cl)c1. The molecule has 0 heterocycles. The Kier molecular flexibility index (Phi) is 4.34. The van der Waals surface area contributed by atoms with Crippen molar-refractivity contribution in [2.24, 2.45) is 0 Å². The highest BCUT2D eigenvalue weighted by atomic mass is 79.9. The van der Waals surface area contributed by atoms with Crippen molar-refractivity contribution < 1.29 is 14.6 Å². The van der Waals surface area contributed by atoms with Crippen LogP contribution < -0.4 is 4.74 Å². The van der Waals surface area contributed by atoms with E-state index in [1.54, 1.807) is 18.2 Å². The lowest BCUT2D eigenvalue weighted by Crippen LogP contribution is -1.96. The van der Waals surface area contributed by atoms with Gasteiger partial charge in [-0.15, -0.1) is 0 Å². The number of carboxylic acids is 1. The predicted molar refractivity (Wildman–Crippen MR) is 77.6 cm³/mol. The number of hydrogen-bond acceptors (Lipinski definition) is 2. The quantitative estimate of drug-likeness (QED) is 0.812. The zero-order valence-corrected chi connectivity index (χ0v) is 12.5. The number of carbonyl (C=O) groups is 1. The first kappa shape index (κ1) is 14.2. The van der Waals surface area contributed by atoms with E-state index in [1.807, 2.05) is 0 Å². The third kappa shape index (κ3) is 3.41. The van der Waals surface area contributed by atoms with Crippen LogP contribution >= 0.6 is 39.1 Å². The standard InChI is InChI=1S/C13H7BrCl2O3/c14-8-2-3-9(15)12(6-8)19-11-4-1-7(13(17)18)5-10(11)16/h1-6H,(H,17,18). The normalized spacial score (nSPS) is 10.3. The van der Waals surface area contributed by atoms with Crippen LogP contribution in [-0.4, -0.2) is 11.1 Å². The molecular formula is C13H7BrCl2O3. The Labute approximate surface area is 127 Å². The minimum Gasteiger partial charge on any atom is -0.478 e. The van der Waals surface area contributed by atoms with Gasteiger partial charge in [0.1, 0.15) is 11.5 Å². The molecule has 0 saturated heterocycles. The molecule has 2 rings (SSSR count). The first-order valence-electron chi connectivity index (χ1n) is 5.13. The number of ether oxygens (including phenoxy) is 1. The molecule has 0 saturated carbocycles. The average Bonchev–Trinajstić information content (AvgIpc) is 2.36. The summed E-state index contributed by atoms with van der Waals surface area (Å²) >= 11 is 15.3. The van der Waals surface area contributed by atoms with Crippen LogP contribution in [0.5, 0.6) is 11.5 Å². The minimum atomic E-state index is -1.05. The summed E-state index contributed by atoms with van der Waals surface area (Å²) in [5.41, 5.74) is 0.0951. The third-order valence-electron chi connectivity index (χ3n) is 2.29. The molecule has 0 fully saturated rings. The van der Waals surface area contributed by atoms with Crippen molar-refractivity contribution >= 4 is 45.1 Å². The fourth-order valence-electron chi connectivity index (χ4n) is 1.39. The first-order valence-corrected chi connectivity index (χ1v) is 6.68. The molecule has 2 aromatic rings. The van der Waals surface area contributed by atoms with Crippen molar-refractivity contribution in [1.82, 2.24) is 0 Å². The van der Waals surface area contributed by atoms with Gasteiger partial charge < -0.3 is 9.84 Å². The minimum absolute atomic E-state index is 0.0951. The fraction of sp³-hybridized carbons (Fsp3) is 0. The summed E-state index contributed by atoms with van der Waals surface area (Å²) in [6.07, 6.45) is 0. The van der Waals surface area contributed by atoms with Gasteiger partial charge in [0.2, 0.25) is 0 Å². The molecule has 0 aliphatic rings. The van der Waals surface area contributed by atoms with Gasteiger partial charge in [0, 0.05) is 4.47 Å². The number of carboxylic acid groups (broad SMARTS) is 1. The van der Waals surface area contributed by atoms with Crippen molar-refractivity contribution in [3.8, 4) is 11.5 Å². The van der Waals surface area contributed by atoms with Gasteiger partial charge in [0.05, 0.1) is 15.6 Å². The van der Waals surface area contributed by atoms with Gasteiger partial charge in [-0.05, 0) is 36.4 Å². The molecule has 1 N–H and O–H groups in total. The molecule has 0 atom stereocenters. The molecule has 3 nitrogen and oxygen atoms in total. The Balaban J connectivity index is 2.33. The second-order valence-electron chi connectivity index (χ2n) is 3.63. The maximum absolute atomic E-state index is 10.8. The topological polar surface area (TPSA) is 46.5 Å². The summed E-state index contributed by atoms with van der Waals surface area (Å²) in [5.74, 6) is -0.276. The maximum atomic E-state index is 10.8. The van der Waals surface area contributed by atoms with E-state index < -0.39 is 5.97 Å². The molecule has 2 aromatic carbocycles. The van der Waals surface area contributed by atoms with Gasteiger partial charge in [-0.25, -0.2) is 4.79 Å². The lowest BCUT2D eigenvalue weighted by molar-refractivity contribution is 0.0697. The van der Waals surface area contributed by atoms with E-state index in [-0.39, 0.29) is 10.6 Å². The predicted octanol–water partition coefficient (Wildman–Crippen LogP) is 5.25. The van der Waals surface area contributed by atoms with Crippen LogP contribution in [0.1, 0.15) is 10.4 Å². The Morgan fingerprint density at radius 3 is 2.42 bits per heavy atom. The molecule has 0 radical (unpaired) electrons. The molecule has 0 bridgehead atoms. The van der Waals surface area contributed by atoms with E-state index in [1.165, 1.54) is 18.2 Å². The maximum Gasteiger partial charge on any atom is 0.335 e. The molecule has 0 spiro atoms. The number of halogens is 3. The van der Waals surface area contributed by atoms with Gasteiger partial charge >= 0.3 is 5.97 Å². The van der Waals surface area contributed by atoms with Crippen molar-refractivity contribution in [1.29, 1.82) is 0 Å². The molecule has 0 amide bonds. The summed E-state index contributed by atoms with van der Waals surface area (Å²) in [7, 11) is 0. The first-order chi connectivity index (χ1) is 8.97. The Morgan fingerprint density at radius 1 is 1.05 bits per heavy atom. The van der Waals surface area contributed by atoms with Crippen LogP contribution in [0.25, 0.3) is 0 Å². The second kappa shape index (κ2) is 5.82. The summed E-state index contributed by atoms with van der Waals surface area (Å²) < 4.78 is 6.38. The van der Waals surface area contributed by atoms with Crippen LogP contribution in [-0.2, 0) is 0 Å². The van der Waals surface area contributed by atoms with Crippen molar-refractivity contribution in [2.45, 2.75) is 0 Å². The molecular weight excluding hydrogens is 355 g/mol. The van der Waals surface area contributed by atoms with Crippen LogP contribution in [0, 0.1) is 0 Å². The number of aromatic carboxylic acids is 1. The summed E-state index contributed by atoms with van der Waals surface area (Å²) in [4.78, 5) is 10.8. The zero-order chi connectivity index (χ0) is 14.0. The van der Waals surface area contributed by atoms with Gasteiger partial charge in [-0.1, -0.05) is 39.1 Å². The van der Waals surface area contributed by atoms with Gasteiger partial charge in [0.25, 0.3) is 0 Å². The van der Waals surface area contributed by atoms with Crippen molar-refractivity contribution in [3.63, 3.8) is 0 Å². The van der Waals surface area contributed by atoms with Crippen LogP contribution in [0.15, 0.2) is 40.9 Å². The van der Waals surface area contributed by atoms with Crippen LogP contribution in [0.2, 0.25) is 10.0 Å². The molecule has 19 heavy (non-hydrogen) atoms. The highest BCUT2D eigenvalue weighted by Gasteiger charge is 2.10. The van der Waals surface area contributed by atoms with E-state index in [0.29, 0.717) is 16.5 Å². The van der Waals surface area contributed by atoms with Crippen LogP contribution in [0.4, 0.5) is 0 Å². The Morgan fingerprint density at radius 2 is 1.79 bits per heavy atom. The Bertz CT molecular complexity index is 644. The van der Waals surface area contributed by atoms with E-state index >= 15 is 0 Å². The molecule has 0 aliphatic carbocycles. The largest absolute Gasteiger partial charge is 0.478 e. The van der Waals surface area contributed by atoms with Gasteiger partial charge in [-0.3, -0.25) is 0 Å².